The fourth-order valence-corrected chi connectivity index (χ4v) is 3.96. The second-order valence-electron chi connectivity index (χ2n) is 7.79. The van der Waals surface area contributed by atoms with Gasteiger partial charge in [0.1, 0.15) is 30.9 Å². The predicted octanol–water partition coefficient (Wildman–Crippen LogP) is 4.00. The molecule has 4 aromatic rings. The van der Waals surface area contributed by atoms with Crippen LogP contribution in [0.2, 0.25) is 5.02 Å². The minimum atomic E-state index is -4.42. The van der Waals surface area contributed by atoms with Crippen molar-refractivity contribution in [2.45, 2.75) is 37.2 Å². The van der Waals surface area contributed by atoms with Gasteiger partial charge in [-0.05, 0) is 41.8 Å². The van der Waals surface area contributed by atoms with Crippen molar-refractivity contribution in [1.82, 2.24) is 29.5 Å². The summed E-state index contributed by atoms with van der Waals surface area (Å²) >= 11 is 6.07. The first-order chi connectivity index (χ1) is 15.7. The fraction of sp³-hybridized carbons (Fsp3) is 0.273. The third-order valence-electron chi connectivity index (χ3n) is 5.45. The summed E-state index contributed by atoms with van der Waals surface area (Å²) < 4.78 is 42.1. The third-order valence-corrected chi connectivity index (χ3v) is 5.70. The van der Waals surface area contributed by atoms with Gasteiger partial charge in [-0.3, -0.25) is 0 Å². The largest absolute Gasteiger partial charge is 0.416 e. The maximum Gasteiger partial charge on any atom is 0.416 e. The monoisotopic (exact) mass is 476 g/mol. The van der Waals surface area contributed by atoms with Crippen LogP contribution in [-0.2, 0) is 25.7 Å². The molecular formula is C22H20ClF3N6O. The summed E-state index contributed by atoms with van der Waals surface area (Å²) in [4.78, 5) is 7.89. The Morgan fingerprint density at radius 2 is 1.39 bits per heavy atom. The van der Waals surface area contributed by atoms with Gasteiger partial charge in [-0.2, -0.15) is 23.4 Å². The van der Waals surface area contributed by atoms with Gasteiger partial charge >= 0.3 is 6.18 Å². The molecule has 2 aromatic heterocycles. The van der Waals surface area contributed by atoms with Crippen LogP contribution in [0.5, 0.6) is 0 Å². The summed E-state index contributed by atoms with van der Waals surface area (Å²) in [6, 6.07) is 12.0. The zero-order valence-electron chi connectivity index (χ0n) is 17.3. The molecule has 0 saturated carbocycles. The maximum atomic E-state index is 13.0. The second-order valence-corrected chi connectivity index (χ2v) is 8.23. The molecule has 11 heteroatoms. The van der Waals surface area contributed by atoms with E-state index >= 15 is 0 Å². The van der Waals surface area contributed by atoms with Crippen LogP contribution in [0.1, 0.15) is 22.6 Å². The van der Waals surface area contributed by atoms with Crippen molar-refractivity contribution in [3.63, 3.8) is 0 Å². The van der Waals surface area contributed by atoms with Gasteiger partial charge < -0.3 is 5.11 Å². The molecule has 1 unspecified atom stereocenters. The number of halogens is 4. The number of benzene rings is 2. The molecule has 0 fully saturated rings. The number of aromatic nitrogens is 6. The van der Waals surface area contributed by atoms with E-state index in [1.54, 1.807) is 24.3 Å². The summed E-state index contributed by atoms with van der Waals surface area (Å²) in [5, 5.41) is 20.8. The van der Waals surface area contributed by atoms with Crippen LogP contribution in [0.3, 0.4) is 0 Å². The van der Waals surface area contributed by atoms with E-state index in [9.17, 15) is 18.3 Å². The molecule has 1 atom stereocenters. The van der Waals surface area contributed by atoms with E-state index in [0.29, 0.717) is 10.6 Å². The zero-order chi connectivity index (χ0) is 23.5. The van der Waals surface area contributed by atoms with E-state index < -0.39 is 23.3 Å². The summed E-state index contributed by atoms with van der Waals surface area (Å²) in [7, 11) is 0. The minimum absolute atomic E-state index is 0.0702. The van der Waals surface area contributed by atoms with Gasteiger partial charge in [0.2, 0.25) is 0 Å². The average molecular weight is 477 g/mol. The SMILES string of the molecule is OC(Cn1cncn1)(Cn1cncn1)C(Cc1ccc(C(F)(F)F)cc1)c1ccc(Cl)cc1. The first-order valence-electron chi connectivity index (χ1n) is 10.0. The number of rotatable bonds is 8. The molecule has 0 saturated heterocycles. The van der Waals surface area contributed by atoms with Gasteiger partial charge in [-0.15, -0.1) is 0 Å². The molecule has 0 bridgehead atoms. The molecule has 172 valence electrons. The van der Waals surface area contributed by atoms with Crippen LogP contribution in [0.15, 0.2) is 73.8 Å². The lowest BCUT2D eigenvalue weighted by Gasteiger charge is -2.36. The number of alkyl halides is 3. The molecule has 7 nitrogen and oxygen atoms in total. The van der Waals surface area contributed by atoms with Crippen LogP contribution in [0.25, 0.3) is 0 Å². The van der Waals surface area contributed by atoms with Gasteiger partial charge in [-0.1, -0.05) is 35.9 Å². The number of hydrogen-bond donors (Lipinski definition) is 1. The van der Waals surface area contributed by atoms with Crippen LogP contribution >= 0.6 is 11.6 Å². The lowest BCUT2D eigenvalue weighted by Crippen LogP contribution is -2.46. The minimum Gasteiger partial charge on any atom is -0.385 e. The highest BCUT2D eigenvalue weighted by atomic mass is 35.5. The van der Waals surface area contributed by atoms with Crippen molar-refractivity contribution in [1.29, 1.82) is 0 Å². The van der Waals surface area contributed by atoms with E-state index in [1.807, 2.05) is 0 Å². The van der Waals surface area contributed by atoms with E-state index in [0.717, 1.165) is 17.7 Å². The summed E-state index contributed by atoms with van der Waals surface area (Å²) in [5.41, 5.74) is -0.770. The van der Waals surface area contributed by atoms with Crippen LogP contribution < -0.4 is 0 Å². The number of hydrogen-bond acceptors (Lipinski definition) is 5. The van der Waals surface area contributed by atoms with E-state index in [2.05, 4.69) is 20.2 Å². The fourth-order valence-electron chi connectivity index (χ4n) is 3.84. The normalized spacial score (nSPS) is 13.2. The third kappa shape index (κ3) is 5.58. The van der Waals surface area contributed by atoms with Gasteiger partial charge in [-0.25, -0.2) is 19.3 Å². The molecule has 4 rings (SSSR count). The quantitative estimate of drug-likeness (QED) is 0.416. The number of aliphatic hydroxyl groups is 1. The molecule has 0 amide bonds. The zero-order valence-corrected chi connectivity index (χ0v) is 18.0. The van der Waals surface area contributed by atoms with Crippen molar-refractivity contribution in [3.05, 3.63) is 95.6 Å². The van der Waals surface area contributed by atoms with Gasteiger partial charge in [0.15, 0.2) is 0 Å². The first kappa shape index (κ1) is 22.9. The Hall–Kier alpha value is -3.24. The Morgan fingerprint density at radius 3 is 1.85 bits per heavy atom. The Labute approximate surface area is 192 Å². The van der Waals surface area contributed by atoms with Crippen LogP contribution in [0.4, 0.5) is 13.2 Å². The molecule has 2 heterocycles. The van der Waals surface area contributed by atoms with Crippen molar-refractivity contribution < 1.29 is 18.3 Å². The maximum absolute atomic E-state index is 13.0. The van der Waals surface area contributed by atoms with E-state index in [4.69, 9.17) is 11.6 Å². The van der Waals surface area contributed by atoms with E-state index in [1.165, 1.54) is 46.8 Å². The molecule has 33 heavy (non-hydrogen) atoms. The highest BCUT2D eigenvalue weighted by molar-refractivity contribution is 6.30. The summed E-state index contributed by atoms with van der Waals surface area (Å²) in [5.74, 6) is -0.542. The molecule has 0 radical (unpaired) electrons. The van der Waals surface area contributed by atoms with Crippen LogP contribution in [0, 0.1) is 0 Å². The molecular weight excluding hydrogens is 457 g/mol. The lowest BCUT2D eigenvalue weighted by molar-refractivity contribution is -0.137. The predicted molar refractivity (Wildman–Crippen MR) is 114 cm³/mol. The highest BCUT2D eigenvalue weighted by Crippen LogP contribution is 2.36. The van der Waals surface area contributed by atoms with Gasteiger partial charge in [0.25, 0.3) is 0 Å². The summed E-state index contributed by atoms with van der Waals surface area (Å²) in [6.07, 6.45) is 1.55. The van der Waals surface area contributed by atoms with Crippen molar-refractivity contribution >= 4 is 11.6 Å². The highest BCUT2D eigenvalue weighted by Gasteiger charge is 2.40. The Bertz CT molecular complexity index is 1110. The average Bonchev–Trinajstić information content (AvgIpc) is 3.47. The molecule has 0 aliphatic heterocycles. The van der Waals surface area contributed by atoms with Crippen molar-refractivity contribution in [2.75, 3.05) is 0 Å². The molecule has 0 spiro atoms. The van der Waals surface area contributed by atoms with Crippen molar-refractivity contribution in [2.24, 2.45) is 0 Å². The molecule has 0 aliphatic carbocycles. The van der Waals surface area contributed by atoms with Crippen molar-refractivity contribution in [3.8, 4) is 0 Å². The lowest BCUT2D eigenvalue weighted by atomic mass is 9.77. The smallest absolute Gasteiger partial charge is 0.385 e. The van der Waals surface area contributed by atoms with Gasteiger partial charge in [0, 0.05) is 10.9 Å². The second kappa shape index (κ2) is 9.32. The molecule has 0 aliphatic rings. The Kier molecular flexibility index (Phi) is 6.48. The van der Waals surface area contributed by atoms with Gasteiger partial charge in [0.05, 0.1) is 18.7 Å². The number of nitrogens with zero attached hydrogens (tertiary/aromatic N) is 6. The molecule has 1 N–H and O–H groups in total. The summed E-state index contributed by atoms with van der Waals surface area (Å²) in [6.45, 7) is 0.140. The Balaban J connectivity index is 1.74. The van der Waals surface area contributed by atoms with Crippen LogP contribution in [-0.4, -0.2) is 40.2 Å². The van der Waals surface area contributed by atoms with E-state index in [-0.39, 0.29) is 19.5 Å². The molecule has 2 aromatic carbocycles. The topological polar surface area (TPSA) is 81.6 Å². The first-order valence-corrected chi connectivity index (χ1v) is 10.4. The Morgan fingerprint density at radius 1 is 0.848 bits per heavy atom. The standard InChI is InChI=1S/C22H20ClF3N6O/c23-19-7-3-17(4-8-19)20(9-16-1-5-18(6-2-16)22(24,25)26)21(33,10-31-14-27-12-29-31)11-32-15-28-13-30-32/h1-8,12-15,20,33H,9-11H2.